The second-order valence-corrected chi connectivity index (χ2v) is 4.49. The SMILES string of the molecule is COc1cccc(NC(C#Cc2ccccc2)C(F)(F)F)c1. The molecule has 1 atom stereocenters. The first-order chi connectivity index (χ1) is 10.5. The van der Waals surface area contributed by atoms with Crippen LogP contribution in [0.4, 0.5) is 18.9 Å². The second-order valence-electron chi connectivity index (χ2n) is 4.49. The molecular formula is C17H14F3NO. The predicted molar refractivity (Wildman–Crippen MR) is 79.8 cm³/mol. The van der Waals surface area contributed by atoms with Gasteiger partial charge in [0.05, 0.1) is 7.11 Å². The lowest BCUT2D eigenvalue weighted by atomic mass is 10.2. The van der Waals surface area contributed by atoms with E-state index in [1.807, 2.05) is 0 Å². The summed E-state index contributed by atoms with van der Waals surface area (Å²) in [6.45, 7) is 0. The van der Waals surface area contributed by atoms with Gasteiger partial charge in [-0.2, -0.15) is 13.2 Å². The predicted octanol–water partition coefficient (Wildman–Crippen LogP) is 4.09. The number of benzene rings is 2. The molecule has 0 aliphatic carbocycles. The summed E-state index contributed by atoms with van der Waals surface area (Å²) < 4.78 is 44.3. The third kappa shape index (κ3) is 4.45. The molecule has 0 aliphatic heterocycles. The highest BCUT2D eigenvalue weighted by atomic mass is 19.4. The van der Waals surface area contributed by atoms with Crippen LogP contribution in [0.25, 0.3) is 0 Å². The number of nitrogens with one attached hydrogen (secondary N) is 1. The molecule has 22 heavy (non-hydrogen) atoms. The Balaban J connectivity index is 2.22. The van der Waals surface area contributed by atoms with Crippen molar-refractivity contribution in [2.24, 2.45) is 0 Å². The molecule has 0 bridgehead atoms. The summed E-state index contributed by atoms with van der Waals surface area (Å²) in [7, 11) is 1.45. The van der Waals surface area contributed by atoms with Gasteiger partial charge in [-0.3, -0.25) is 0 Å². The van der Waals surface area contributed by atoms with Crippen molar-refractivity contribution in [1.82, 2.24) is 0 Å². The van der Waals surface area contributed by atoms with Crippen LogP contribution in [-0.4, -0.2) is 19.3 Å². The van der Waals surface area contributed by atoms with Gasteiger partial charge in [0.15, 0.2) is 6.04 Å². The standard InChI is InChI=1S/C17H14F3NO/c1-22-15-9-5-8-14(12-15)21-16(17(18,19)20)11-10-13-6-3-2-4-7-13/h2-9,12,16,21H,1H3. The van der Waals surface area contributed by atoms with Gasteiger partial charge in [0.2, 0.25) is 0 Å². The third-order valence-corrected chi connectivity index (χ3v) is 2.84. The van der Waals surface area contributed by atoms with E-state index in [1.165, 1.54) is 19.2 Å². The monoisotopic (exact) mass is 305 g/mol. The number of halogens is 3. The lowest BCUT2D eigenvalue weighted by Gasteiger charge is -2.18. The minimum Gasteiger partial charge on any atom is -0.497 e. The zero-order valence-corrected chi connectivity index (χ0v) is 11.8. The number of rotatable bonds is 3. The Labute approximate surface area is 126 Å². The number of anilines is 1. The van der Waals surface area contributed by atoms with Gasteiger partial charge in [-0.1, -0.05) is 36.1 Å². The fourth-order valence-corrected chi connectivity index (χ4v) is 1.76. The molecule has 0 aromatic heterocycles. The van der Waals surface area contributed by atoms with Crippen molar-refractivity contribution in [3.05, 3.63) is 60.2 Å². The molecule has 5 heteroatoms. The average molecular weight is 305 g/mol. The van der Waals surface area contributed by atoms with Gasteiger partial charge in [-0.25, -0.2) is 0 Å². The number of ether oxygens (including phenoxy) is 1. The zero-order valence-electron chi connectivity index (χ0n) is 11.8. The molecule has 0 saturated carbocycles. The first kappa shape index (κ1) is 15.8. The summed E-state index contributed by atoms with van der Waals surface area (Å²) >= 11 is 0. The topological polar surface area (TPSA) is 21.3 Å². The van der Waals surface area contributed by atoms with Gasteiger partial charge in [0, 0.05) is 17.3 Å². The maximum atomic E-state index is 13.1. The number of alkyl halides is 3. The largest absolute Gasteiger partial charge is 0.497 e. The highest BCUT2D eigenvalue weighted by Gasteiger charge is 2.38. The Morgan fingerprint density at radius 2 is 1.77 bits per heavy atom. The normalized spacial score (nSPS) is 12.0. The van der Waals surface area contributed by atoms with E-state index < -0.39 is 12.2 Å². The molecule has 0 aliphatic rings. The third-order valence-electron chi connectivity index (χ3n) is 2.84. The first-order valence-corrected chi connectivity index (χ1v) is 6.53. The molecule has 0 spiro atoms. The van der Waals surface area contributed by atoms with Gasteiger partial charge >= 0.3 is 6.18 Å². The Bertz CT molecular complexity index is 672. The average Bonchev–Trinajstić information content (AvgIpc) is 2.51. The molecule has 2 nitrogen and oxygen atoms in total. The molecule has 2 aromatic carbocycles. The van der Waals surface area contributed by atoms with Crippen LogP contribution in [0.15, 0.2) is 54.6 Å². The molecule has 0 amide bonds. The Hall–Kier alpha value is -2.61. The van der Waals surface area contributed by atoms with E-state index >= 15 is 0 Å². The van der Waals surface area contributed by atoms with Gasteiger partial charge in [-0.05, 0) is 24.3 Å². The van der Waals surface area contributed by atoms with Crippen LogP contribution >= 0.6 is 0 Å². The number of hydrogen-bond donors (Lipinski definition) is 1. The summed E-state index contributed by atoms with van der Waals surface area (Å²) in [5, 5.41) is 2.39. The fraction of sp³-hybridized carbons (Fsp3) is 0.176. The van der Waals surface area contributed by atoms with Crippen molar-refractivity contribution in [2.75, 3.05) is 12.4 Å². The smallest absolute Gasteiger partial charge is 0.420 e. The van der Waals surface area contributed by atoms with Crippen molar-refractivity contribution in [3.8, 4) is 17.6 Å². The van der Waals surface area contributed by atoms with Gasteiger partial charge < -0.3 is 10.1 Å². The summed E-state index contributed by atoms with van der Waals surface area (Å²) in [5.74, 6) is 5.25. The summed E-state index contributed by atoms with van der Waals surface area (Å²) in [5.41, 5.74) is 0.827. The Morgan fingerprint density at radius 1 is 1.05 bits per heavy atom. The van der Waals surface area contributed by atoms with Gasteiger partial charge in [0.25, 0.3) is 0 Å². The lowest BCUT2D eigenvalue weighted by molar-refractivity contribution is -0.130. The van der Waals surface area contributed by atoms with Crippen molar-refractivity contribution < 1.29 is 17.9 Å². The molecule has 1 N–H and O–H groups in total. The van der Waals surface area contributed by atoms with Crippen molar-refractivity contribution in [3.63, 3.8) is 0 Å². The maximum absolute atomic E-state index is 13.1. The first-order valence-electron chi connectivity index (χ1n) is 6.53. The molecule has 0 radical (unpaired) electrons. The number of methoxy groups -OCH3 is 1. The van der Waals surface area contributed by atoms with Crippen LogP contribution in [0.3, 0.4) is 0 Å². The van der Waals surface area contributed by atoms with Gasteiger partial charge in [0.1, 0.15) is 5.75 Å². The fourth-order valence-electron chi connectivity index (χ4n) is 1.76. The van der Waals surface area contributed by atoms with E-state index in [2.05, 4.69) is 17.2 Å². The van der Waals surface area contributed by atoms with Crippen LogP contribution < -0.4 is 10.1 Å². The summed E-state index contributed by atoms with van der Waals surface area (Å²) in [4.78, 5) is 0. The second kappa shape index (κ2) is 6.90. The minimum atomic E-state index is -4.48. The van der Waals surface area contributed by atoms with Crippen LogP contribution in [0.2, 0.25) is 0 Å². The molecule has 0 heterocycles. The summed E-state index contributed by atoms with van der Waals surface area (Å²) in [6.07, 6.45) is -4.48. The van der Waals surface area contributed by atoms with Crippen molar-refractivity contribution in [2.45, 2.75) is 12.2 Å². The molecule has 114 valence electrons. The molecular weight excluding hydrogens is 291 g/mol. The van der Waals surface area contributed by atoms with Crippen molar-refractivity contribution >= 4 is 5.69 Å². The minimum absolute atomic E-state index is 0.295. The van der Waals surface area contributed by atoms with E-state index in [-0.39, 0.29) is 0 Å². The van der Waals surface area contributed by atoms with E-state index in [0.29, 0.717) is 17.0 Å². The van der Waals surface area contributed by atoms with Crippen LogP contribution in [-0.2, 0) is 0 Å². The quantitative estimate of drug-likeness (QED) is 0.862. The highest BCUT2D eigenvalue weighted by Crippen LogP contribution is 2.25. The highest BCUT2D eigenvalue weighted by molar-refractivity contribution is 5.51. The van der Waals surface area contributed by atoms with Crippen LogP contribution in [0.1, 0.15) is 5.56 Å². The molecule has 0 saturated heterocycles. The van der Waals surface area contributed by atoms with E-state index in [4.69, 9.17) is 4.74 Å². The number of hydrogen-bond acceptors (Lipinski definition) is 2. The molecule has 2 aromatic rings. The molecule has 1 unspecified atom stereocenters. The Kier molecular flexibility index (Phi) is 4.95. The van der Waals surface area contributed by atoms with Crippen LogP contribution in [0.5, 0.6) is 5.75 Å². The lowest BCUT2D eigenvalue weighted by Crippen LogP contribution is -2.34. The Morgan fingerprint density at radius 3 is 2.41 bits per heavy atom. The van der Waals surface area contributed by atoms with E-state index in [0.717, 1.165) is 0 Å². The maximum Gasteiger partial charge on any atom is 0.420 e. The van der Waals surface area contributed by atoms with Crippen LogP contribution in [0, 0.1) is 11.8 Å². The van der Waals surface area contributed by atoms with E-state index in [9.17, 15) is 13.2 Å². The molecule has 2 rings (SSSR count). The zero-order chi connectivity index (χ0) is 16.0. The molecule has 0 fully saturated rings. The van der Waals surface area contributed by atoms with E-state index in [1.54, 1.807) is 42.5 Å². The summed E-state index contributed by atoms with van der Waals surface area (Å²) in [6, 6.07) is 12.9. The van der Waals surface area contributed by atoms with Gasteiger partial charge in [-0.15, -0.1) is 0 Å². The van der Waals surface area contributed by atoms with Crippen molar-refractivity contribution in [1.29, 1.82) is 0 Å².